The van der Waals surface area contributed by atoms with Crippen LogP contribution in [0, 0.1) is 17.1 Å². The van der Waals surface area contributed by atoms with Gasteiger partial charge in [0.15, 0.2) is 0 Å². The van der Waals surface area contributed by atoms with Gasteiger partial charge in [0, 0.05) is 56.8 Å². The van der Waals surface area contributed by atoms with Crippen LogP contribution in [0.4, 0.5) is 23.4 Å². The average molecular weight is 545 g/mol. The maximum Gasteiger partial charge on any atom is 0.416 e. The minimum atomic E-state index is -4.60. The van der Waals surface area contributed by atoms with Crippen LogP contribution in [0.25, 0.3) is 0 Å². The minimum Gasteiger partial charge on any atom is -0.473 e. The predicted octanol–water partition coefficient (Wildman–Crippen LogP) is 4.56. The molecule has 12 heteroatoms. The highest BCUT2D eigenvalue weighted by molar-refractivity contribution is 5.46. The molecule has 2 aliphatic rings. The fourth-order valence-corrected chi connectivity index (χ4v) is 4.77. The van der Waals surface area contributed by atoms with E-state index in [9.17, 15) is 17.6 Å². The largest absolute Gasteiger partial charge is 0.473 e. The lowest BCUT2D eigenvalue weighted by Gasteiger charge is -2.38. The van der Waals surface area contributed by atoms with E-state index in [4.69, 9.17) is 14.7 Å². The Morgan fingerprint density at radius 2 is 1.95 bits per heavy atom. The zero-order valence-electron chi connectivity index (χ0n) is 21.4. The molecule has 39 heavy (non-hydrogen) atoms. The van der Waals surface area contributed by atoms with Gasteiger partial charge < -0.3 is 18.9 Å². The Morgan fingerprint density at radius 3 is 2.59 bits per heavy atom. The summed E-state index contributed by atoms with van der Waals surface area (Å²) < 4.78 is 68.5. The quantitative estimate of drug-likeness (QED) is 0.385. The van der Waals surface area contributed by atoms with Gasteiger partial charge in [0.05, 0.1) is 35.9 Å². The van der Waals surface area contributed by atoms with Crippen LogP contribution in [0.2, 0.25) is 0 Å². The van der Waals surface area contributed by atoms with Crippen LogP contribution in [0.15, 0.2) is 42.7 Å². The monoisotopic (exact) mass is 544 g/mol. The van der Waals surface area contributed by atoms with Crippen molar-refractivity contribution < 1.29 is 27.0 Å². The van der Waals surface area contributed by atoms with E-state index in [1.807, 2.05) is 12.3 Å². The molecule has 0 spiro atoms. The van der Waals surface area contributed by atoms with Crippen LogP contribution in [0.3, 0.4) is 0 Å². The first-order valence-corrected chi connectivity index (χ1v) is 12.7. The second-order valence-corrected chi connectivity index (χ2v) is 9.67. The smallest absolute Gasteiger partial charge is 0.416 e. The van der Waals surface area contributed by atoms with Crippen molar-refractivity contribution in [2.45, 2.75) is 44.8 Å². The lowest BCUT2D eigenvalue weighted by Crippen LogP contribution is -2.48. The maximum atomic E-state index is 14.2. The van der Waals surface area contributed by atoms with Gasteiger partial charge in [-0.25, -0.2) is 9.37 Å². The molecular weight excluding hydrogens is 516 g/mol. The van der Waals surface area contributed by atoms with Crippen molar-refractivity contribution in [2.24, 2.45) is 0 Å². The van der Waals surface area contributed by atoms with Gasteiger partial charge in [-0.3, -0.25) is 4.90 Å². The molecule has 1 aromatic carbocycles. The number of rotatable bonds is 8. The van der Waals surface area contributed by atoms with Crippen molar-refractivity contribution in [3.05, 3.63) is 71.1 Å². The van der Waals surface area contributed by atoms with Gasteiger partial charge in [0.2, 0.25) is 5.88 Å². The third kappa shape index (κ3) is 6.15. The van der Waals surface area contributed by atoms with Crippen LogP contribution >= 0.6 is 0 Å². The van der Waals surface area contributed by atoms with Gasteiger partial charge >= 0.3 is 6.18 Å². The molecule has 2 saturated heterocycles. The summed E-state index contributed by atoms with van der Waals surface area (Å²) in [5.74, 6) is 0.157. The van der Waals surface area contributed by atoms with Crippen molar-refractivity contribution in [1.82, 2.24) is 19.4 Å². The molecule has 2 aliphatic heterocycles. The lowest BCUT2D eigenvalue weighted by molar-refractivity contribution is -0.137. The number of ether oxygens (including phenoxy) is 2. The summed E-state index contributed by atoms with van der Waals surface area (Å²) >= 11 is 0. The predicted molar refractivity (Wildman–Crippen MR) is 133 cm³/mol. The van der Waals surface area contributed by atoms with E-state index in [2.05, 4.69) is 26.4 Å². The Morgan fingerprint density at radius 1 is 1.18 bits per heavy atom. The molecule has 2 atom stereocenters. The SMILES string of the molecule is C[C@@H](c1nccn1C[C@@H]1CCO1)N1CCN(c2cc(C(F)(F)F)cc(OCc3ccc(C#N)cc3F)n2)CC1. The summed E-state index contributed by atoms with van der Waals surface area (Å²) in [6, 6.07) is 7.53. The van der Waals surface area contributed by atoms with E-state index in [1.165, 1.54) is 12.1 Å². The number of piperazine rings is 1. The summed E-state index contributed by atoms with van der Waals surface area (Å²) in [5, 5.41) is 8.89. The topological polar surface area (TPSA) is 79.4 Å². The van der Waals surface area contributed by atoms with Gasteiger partial charge in [-0.15, -0.1) is 0 Å². The Bertz CT molecular complexity index is 1340. The van der Waals surface area contributed by atoms with E-state index >= 15 is 0 Å². The summed E-state index contributed by atoms with van der Waals surface area (Å²) in [5.41, 5.74) is -0.640. The number of halogens is 4. The van der Waals surface area contributed by atoms with Crippen molar-refractivity contribution in [1.29, 1.82) is 5.26 Å². The Kier molecular flexibility index (Phi) is 7.72. The van der Waals surface area contributed by atoms with Gasteiger partial charge in [0.25, 0.3) is 0 Å². The minimum absolute atomic E-state index is 0.0258. The third-order valence-corrected chi connectivity index (χ3v) is 7.17. The van der Waals surface area contributed by atoms with Gasteiger partial charge in [-0.1, -0.05) is 6.07 Å². The summed E-state index contributed by atoms with van der Waals surface area (Å²) in [6.45, 7) is 5.44. The molecule has 2 fully saturated rings. The number of nitriles is 1. The summed E-state index contributed by atoms with van der Waals surface area (Å²) in [7, 11) is 0. The molecule has 8 nitrogen and oxygen atoms in total. The second kappa shape index (κ2) is 11.2. The van der Waals surface area contributed by atoms with Crippen LogP contribution < -0.4 is 9.64 Å². The molecule has 2 aromatic heterocycles. The number of aromatic nitrogens is 3. The Labute approximate surface area is 223 Å². The van der Waals surface area contributed by atoms with Crippen LogP contribution in [-0.2, 0) is 24.1 Å². The fourth-order valence-electron chi connectivity index (χ4n) is 4.77. The third-order valence-electron chi connectivity index (χ3n) is 7.17. The average Bonchev–Trinajstić information content (AvgIpc) is 3.37. The van der Waals surface area contributed by atoms with E-state index in [0.717, 1.165) is 43.6 Å². The molecule has 4 heterocycles. The van der Waals surface area contributed by atoms with Gasteiger partial charge in [-0.2, -0.15) is 23.4 Å². The number of anilines is 1. The Balaban J connectivity index is 1.27. The van der Waals surface area contributed by atoms with E-state index in [0.29, 0.717) is 26.2 Å². The van der Waals surface area contributed by atoms with Crippen LogP contribution in [-0.4, -0.2) is 58.3 Å². The molecule has 5 rings (SSSR count). The molecule has 206 valence electrons. The molecule has 0 N–H and O–H groups in total. The molecule has 0 aliphatic carbocycles. The number of benzene rings is 1. The first kappa shape index (κ1) is 26.9. The number of nitrogens with zero attached hydrogens (tertiary/aromatic N) is 6. The van der Waals surface area contributed by atoms with Gasteiger partial charge in [-0.05, 0) is 31.5 Å². The van der Waals surface area contributed by atoms with Crippen molar-refractivity contribution in [3.8, 4) is 11.9 Å². The lowest BCUT2D eigenvalue weighted by atomic mass is 10.1. The first-order valence-electron chi connectivity index (χ1n) is 12.7. The van der Waals surface area contributed by atoms with E-state index < -0.39 is 17.6 Å². The molecule has 0 radical (unpaired) electrons. The standard InChI is InChI=1S/C27H28F4N6O2/c1-18(26-33-5-6-37(26)16-22-4-11-38-22)35-7-9-36(10-8-35)24-13-21(27(29,30)31)14-25(34-24)39-17-20-3-2-19(15-32)12-23(20)28/h2-3,5-6,12-14,18,22H,4,7-11,16-17H2,1H3/t18-,22-/m0/s1. The number of imidazole rings is 1. The summed E-state index contributed by atoms with van der Waals surface area (Å²) in [4.78, 5) is 12.9. The van der Waals surface area contributed by atoms with Crippen molar-refractivity contribution in [2.75, 3.05) is 37.7 Å². The number of hydrogen-bond acceptors (Lipinski definition) is 7. The molecular formula is C27H28F4N6O2. The number of hydrogen-bond donors (Lipinski definition) is 0. The molecule has 0 saturated carbocycles. The highest BCUT2D eigenvalue weighted by Gasteiger charge is 2.33. The van der Waals surface area contributed by atoms with Crippen molar-refractivity contribution >= 4 is 5.82 Å². The highest BCUT2D eigenvalue weighted by atomic mass is 19.4. The first-order chi connectivity index (χ1) is 18.7. The molecule has 0 bridgehead atoms. The molecule has 0 amide bonds. The Hall–Kier alpha value is -3.69. The maximum absolute atomic E-state index is 14.2. The summed E-state index contributed by atoms with van der Waals surface area (Å²) in [6.07, 6.45) is 0.356. The zero-order valence-corrected chi connectivity index (χ0v) is 21.4. The number of alkyl halides is 3. The van der Waals surface area contributed by atoms with Crippen LogP contribution in [0.5, 0.6) is 5.88 Å². The van der Waals surface area contributed by atoms with Crippen LogP contribution in [0.1, 0.15) is 41.9 Å². The second-order valence-electron chi connectivity index (χ2n) is 9.67. The van der Waals surface area contributed by atoms with E-state index in [1.54, 1.807) is 11.1 Å². The van der Waals surface area contributed by atoms with Gasteiger partial charge in [0.1, 0.15) is 24.1 Å². The molecule has 0 unspecified atom stereocenters. The molecule has 3 aromatic rings. The van der Waals surface area contributed by atoms with E-state index in [-0.39, 0.29) is 41.6 Å². The highest BCUT2D eigenvalue weighted by Crippen LogP contribution is 2.34. The van der Waals surface area contributed by atoms with Crippen molar-refractivity contribution in [3.63, 3.8) is 0 Å². The normalized spacial score (nSPS) is 18.9. The number of pyridine rings is 1. The fraction of sp³-hybridized carbons (Fsp3) is 0.444. The zero-order chi connectivity index (χ0) is 27.6.